The lowest BCUT2D eigenvalue weighted by molar-refractivity contribution is 0.0519. The highest BCUT2D eigenvalue weighted by molar-refractivity contribution is 5.95. The average Bonchev–Trinajstić information content (AvgIpc) is 2.44. The highest BCUT2D eigenvalue weighted by atomic mass is 16.5. The van der Waals surface area contributed by atoms with Crippen LogP contribution in [0.2, 0.25) is 0 Å². The van der Waals surface area contributed by atoms with Gasteiger partial charge in [0.25, 0.3) is 0 Å². The summed E-state index contributed by atoms with van der Waals surface area (Å²) in [5.41, 5.74) is 4.41. The highest BCUT2D eigenvalue weighted by Gasteiger charge is 2.27. The molecule has 1 aliphatic heterocycles. The van der Waals surface area contributed by atoms with Gasteiger partial charge in [-0.15, -0.1) is 0 Å². The molecule has 1 aromatic rings. The predicted molar refractivity (Wildman–Crippen MR) is 72.9 cm³/mol. The van der Waals surface area contributed by atoms with Gasteiger partial charge in [0, 0.05) is 0 Å². The lowest BCUT2D eigenvalue weighted by Crippen LogP contribution is -2.19. The zero-order chi connectivity index (χ0) is 13.2. The van der Waals surface area contributed by atoms with Crippen molar-refractivity contribution in [2.24, 2.45) is 0 Å². The van der Waals surface area contributed by atoms with Gasteiger partial charge in [-0.25, -0.2) is 4.79 Å². The highest BCUT2D eigenvalue weighted by Crippen LogP contribution is 2.37. The molecule has 2 aliphatic rings. The monoisotopic (exact) mass is 260 g/mol. The van der Waals surface area contributed by atoms with Gasteiger partial charge in [-0.2, -0.15) is 0 Å². The molecule has 0 fully saturated rings. The van der Waals surface area contributed by atoms with Crippen LogP contribution in [-0.2, 0) is 24.0 Å². The third kappa shape index (κ3) is 2.22. The van der Waals surface area contributed by atoms with E-state index < -0.39 is 0 Å². The third-order valence-electron chi connectivity index (χ3n) is 4.00. The number of esters is 1. The van der Waals surface area contributed by atoms with Crippen molar-refractivity contribution >= 4 is 5.97 Å². The number of hydrogen-bond donors (Lipinski definition) is 0. The van der Waals surface area contributed by atoms with Gasteiger partial charge < -0.3 is 9.47 Å². The van der Waals surface area contributed by atoms with E-state index >= 15 is 0 Å². The molecule has 0 atom stereocenters. The number of hydrogen-bond acceptors (Lipinski definition) is 3. The zero-order valence-corrected chi connectivity index (χ0v) is 11.5. The quantitative estimate of drug-likeness (QED) is 0.767. The molecule has 3 heteroatoms. The summed E-state index contributed by atoms with van der Waals surface area (Å²) < 4.78 is 11.0. The number of benzene rings is 1. The Morgan fingerprint density at radius 1 is 1.21 bits per heavy atom. The van der Waals surface area contributed by atoms with Crippen LogP contribution in [0.15, 0.2) is 6.07 Å². The Balaban J connectivity index is 2.14. The lowest BCUT2D eigenvalue weighted by Gasteiger charge is -2.26. The molecular weight excluding hydrogens is 240 g/mol. The van der Waals surface area contributed by atoms with Crippen LogP contribution in [0.5, 0.6) is 5.75 Å². The fraction of sp³-hybridized carbons (Fsp3) is 0.562. The van der Waals surface area contributed by atoms with E-state index in [-0.39, 0.29) is 5.97 Å². The van der Waals surface area contributed by atoms with E-state index in [4.69, 9.17) is 9.47 Å². The van der Waals surface area contributed by atoms with E-state index in [9.17, 15) is 4.79 Å². The number of carbonyl (C=O) groups is 1. The molecule has 0 bridgehead atoms. The summed E-state index contributed by atoms with van der Waals surface area (Å²) in [5, 5.41) is 0. The third-order valence-corrected chi connectivity index (χ3v) is 4.00. The molecule has 0 saturated carbocycles. The van der Waals surface area contributed by atoms with Gasteiger partial charge in [-0.1, -0.05) is 6.07 Å². The normalized spacial score (nSPS) is 17.1. The minimum absolute atomic E-state index is 0.209. The molecule has 0 saturated heterocycles. The molecule has 3 rings (SSSR count). The standard InChI is InChI=1S/C16H20O3/c1-2-18-16(17)14-13-8-4-3-6-11(13)10-12-7-5-9-19-15(12)14/h10H,2-9H2,1H3. The van der Waals surface area contributed by atoms with Crippen molar-refractivity contribution in [2.75, 3.05) is 13.2 Å². The number of carbonyl (C=O) groups excluding carboxylic acids is 1. The van der Waals surface area contributed by atoms with Crippen LogP contribution < -0.4 is 4.74 Å². The number of fused-ring (bicyclic) bond motifs is 2. The van der Waals surface area contributed by atoms with Gasteiger partial charge in [0.15, 0.2) is 0 Å². The molecule has 102 valence electrons. The van der Waals surface area contributed by atoms with Gasteiger partial charge in [-0.3, -0.25) is 0 Å². The number of rotatable bonds is 2. The Bertz CT molecular complexity index is 471. The second-order valence-corrected chi connectivity index (χ2v) is 5.26. The van der Waals surface area contributed by atoms with E-state index in [2.05, 4.69) is 6.07 Å². The van der Waals surface area contributed by atoms with E-state index in [1.807, 2.05) is 6.92 Å². The van der Waals surface area contributed by atoms with Crippen LogP contribution in [0.25, 0.3) is 0 Å². The van der Waals surface area contributed by atoms with Crippen molar-refractivity contribution in [3.8, 4) is 5.75 Å². The van der Waals surface area contributed by atoms with Crippen molar-refractivity contribution in [3.63, 3.8) is 0 Å². The van der Waals surface area contributed by atoms with Crippen LogP contribution in [0.3, 0.4) is 0 Å². The van der Waals surface area contributed by atoms with Crippen LogP contribution >= 0.6 is 0 Å². The van der Waals surface area contributed by atoms with Gasteiger partial charge in [0.05, 0.1) is 13.2 Å². The molecule has 0 spiro atoms. The summed E-state index contributed by atoms with van der Waals surface area (Å²) in [7, 11) is 0. The largest absolute Gasteiger partial charge is 0.492 e. The topological polar surface area (TPSA) is 35.5 Å². The van der Waals surface area contributed by atoms with Crippen LogP contribution in [0, 0.1) is 0 Å². The Morgan fingerprint density at radius 3 is 2.84 bits per heavy atom. The molecular formula is C16H20O3. The van der Waals surface area contributed by atoms with E-state index in [1.54, 1.807) is 0 Å². The second-order valence-electron chi connectivity index (χ2n) is 5.26. The van der Waals surface area contributed by atoms with Crippen molar-refractivity contribution in [1.82, 2.24) is 0 Å². The maximum Gasteiger partial charge on any atom is 0.342 e. The fourth-order valence-corrected chi connectivity index (χ4v) is 3.15. The summed E-state index contributed by atoms with van der Waals surface area (Å²) >= 11 is 0. The lowest BCUT2D eigenvalue weighted by atomic mass is 9.84. The molecule has 1 aromatic carbocycles. The Labute approximate surface area is 113 Å². The van der Waals surface area contributed by atoms with Crippen LogP contribution in [0.1, 0.15) is 53.2 Å². The Hall–Kier alpha value is -1.51. The first-order chi connectivity index (χ1) is 9.31. The second kappa shape index (κ2) is 5.24. The number of ether oxygens (including phenoxy) is 2. The Morgan fingerprint density at radius 2 is 2.00 bits per heavy atom. The van der Waals surface area contributed by atoms with Gasteiger partial charge >= 0.3 is 5.97 Å². The van der Waals surface area contributed by atoms with Crippen molar-refractivity contribution in [1.29, 1.82) is 0 Å². The summed E-state index contributed by atoms with van der Waals surface area (Å²) in [4.78, 5) is 12.3. The van der Waals surface area contributed by atoms with E-state index in [0.717, 1.165) is 37.9 Å². The maximum atomic E-state index is 12.3. The predicted octanol–water partition coefficient (Wildman–Crippen LogP) is 3.07. The van der Waals surface area contributed by atoms with Crippen LogP contribution in [0.4, 0.5) is 0 Å². The molecule has 0 amide bonds. The molecule has 0 aromatic heterocycles. The first-order valence-corrected chi connectivity index (χ1v) is 7.28. The first kappa shape index (κ1) is 12.5. The van der Waals surface area contributed by atoms with Gasteiger partial charge in [0.1, 0.15) is 11.3 Å². The molecule has 0 radical (unpaired) electrons. The molecule has 1 aliphatic carbocycles. The summed E-state index contributed by atoms with van der Waals surface area (Å²) in [6.07, 6.45) is 6.46. The Kier molecular flexibility index (Phi) is 3.45. The molecule has 0 unspecified atom stereocenters. The number of aryl methyl sites for hydroxylation is 2. The van der Waals surface area contributed by atoms with Crippen molar-refractivity contribution in [3.05, 3.63) is 28.3 Å². The van der Waals surface area contributed by atoms with Crippen molar-refractivity contribution < 1.29 is 14.3 Å². The molecule has 0 N–H and O–H groups in total. The van der Waals surface area contributed by atoms with Crippen LogP contribution in [-0.4, -0.2) is 19.2 Å². The molecule has 3 nitrogen and oxygen atoms in total. The summed E-state index contributed by atoms with van der Waals surface area (Å²) in [6, 6.07) is 2.26. The molecule has 19 heavy (non-hydrogen) atoms. The smallest absolute Gasteiger partial charge is 0.342 e. The van der Waals surface area contributed by atoms with Gasteiger partial charge in [-0.05, 0) is 62.1 Å². The maximum absolute atomic E-state index is 12.3. The fourth-order valence-electron chi connectivity index (χ4n) is 3.15. The molecule has 1 heterocycles. The first-order valence-electron chi connectivity index (χ1n) is 7.28. The summed E-state index contributed by atoms with van der Waals surface area (Å²) in [6.45, 7) is 2.97. The van der Waals surface area contributed by atoms with E-state index in [1.165, 1.54) is 23.1 Å². The SMILES string of the molecule is CCOC(=O)c1c2c(cc3c1OCCC3)CCCC2. The summed E-state index contributed by atoms with van der Waals surface area (Å²) in [5.74, 6) is 0.588. The zero-order valence-electron chi connectivity index (χ0n) is 11.5. The average molecular weight is 260 g/mol. The minimum atomic E-state index is -0.209. The van der Waals surface area contributed by atoms with Crippen molar-refractivity contribution in [2.45, 2.75) is 45.4 Å². The van der Waals surface area contributed by atoms with E-state index in [0.29, 0.717) is 18.8 Å². The van der Waals surface area contributed by atoms with Gasteiger partial charge in [0.2, 0.25) is 0 Å². The minimum Gasteiger partial charge on any atom is -0.492 e.